The molecule has 0 aliphatic carbocycles. The number of methoxy groups -OCH3 is 2. The van der Waals surface area contributed by atoms with E-state index in [0.717, 1.165) is 16.8 Å². The van der Waals surface area contributed by atoms with Crippen molar-refractivity contribution >= 4 is 11.9 Å². The third kappa shape index (κ3) is 6.23. The van der Waals surface area contributed by atoms with E-state index in [2.05, 4.69) is 0 Å². The molecule has 0 amide bonds. The van der Waals surface area contributed by atoms with Crippen molar-refractivity contribution in [2.75, 3.05) is 27.4 Å². The van der Waals surface area contributed by atoms with Crippen LogP contribution in [0.5, 0.6) is 17.2 Å². The van der Waals surface area contributed by atoms with E-state index in [-0.39, 0.29) is 19.8 Å². The Kier molecular flexibility index (Phi) is 8.89. The normalized spacial score (nSPS) is 10.6. The first-order valence-electron chi connectivity index (χ1n) is 12.5. The van der Waals surface area contributed by atoms with E-state index in [1.165, 1.54) is 0 Å². The minimum atomic E-state index is -0.458. The Morgan fingerprint density at radius 2 is 1.59 bits per heavy atom. The first-order chi connectivity index (χ1) is 19.0. The summed E-state index contributed by atoms with van der Waals surface area (Å²) in [5, 5.41) is 0. The lowest BCUT2D eigenvalue weighted by Gasteiger charge is -2.18. The molecule has 8 heteroatoms. The monoisotopic (exact) mass is 529 g/mol. The highest BCUT2D eigenvalue weighted by Gasteiger charge is 2.25. The maximum absolute atomic E-state index is 13.4. The van der Waals surface area contributed by atoms with Gasteiger partial charge in [-0.05, 0) is 67.4 Å². The molecule has 1 aromatic heterocycles. The van der Waals surface area contributed by atoms with E-state index < -0.39 is 11.9 Å². The molecule has 0 spiro atoms. The van der Waals surface area contributed by atoms with Crippen LogP contribution in [0.4, 0.5) is 0 Å². The largest absolute Gasteiger partial charge is 0.493 e. The molecule has 0 unspecified atom stereocenters. The molecule has 0 aliphatic heterocycles. The summed E-state index contributed by atoms with van der Waals surface area (Å²) in [6, 6.07) is 24.0. The Labute approximate surface area is 227 Å². The van der Waals surface area contributed by atoms with Crippen LogP contribution >= 0.6 is 0 Å². The third-order valence-electron chi connectivity index (χ3n) is 6.03. The molecule has 8 nitrogen and oxygen atoms in total. The van der Waals surface area contributed by atoms with Crippen LogP contribution in [0.15, 0.2) is 78.9 Å². The molecule has 0 aliphatic rings. The number of hydrogen-bond donors (Lipinski definition) is 0. The maximum Gasteiger partial charge on any atom is 0.344 e. The zero-order chi connectivity index (χ0) is 27.8. The van der Waals surface area contributed by atoms with Gasteiger partial charge < -0.3 is 28.3 Å². The second-order valence-electron chi connectivity index (χ2n) is 8.58. The number of carbonyl (C=O) groups is 2. The predicted octanol–water partition coefficient (Wildman–Crippen LogP) is 5.77. The number of nitrogens with zero attached hydrogens (tertiary/aromatic N) is 1. The molecule has 4 rings (SSSR count). The van der Waals surface area contributed by atoms with Crippen LogP contribution < -0.4 is 14.2 Å². The number of benzene rings is 3. The van der Waals surface area contributed by atoms with Crippen molar-refractivity contribution in [3.05, 3.63) is 95.7 Å². The number of esters is 2. The molecule has 3 aromatic carbocycles. The lowest BCUT2D eigenvalue weighted by molar-refractivity contribution is -0.145. The molecular formula is C31H31NO7. The lowest BCUT2D eigenvalue weighted by Crippen LogP contribution is -2.14. The number of rotatable bonds is 11. The van der Waals surface area contributed by atoms with E-state index in [1.54, 1.807) is 39.3 Å². The minimum Gasteiger partial charge on any atom is -0.493 e. The predicted molar refractivity (Wildman–Crippen MR) is 147 cm³/mol. The van der Waals surface area contributed by atoms with E-state index in [0.29, 0.717) is 34.2 Å². The molecule has 1 heterocycles. The average Bonchev–Trinajstić information content (AvgIpc) is 3.32. The van der Waals surface area contributed by atoms with E-state index in [4.69, 9.17) is 23.7 Å². The van der Waals surface area contributed by atoms with Gasteiger partial charge in [0.2, 0.25) is 0 Å². The molecule has 0 N–H and O–H groups in total. The fraction of sp³-hybridized carbons (Fsp3) is 0.226. The van der Waals surface area contributed by atoms with Gasteiger partial charge in [-0.3, -0.25) is 0 Å². The number of aromatic nitrogens is 1. The Hall–Kier alpha value is -4.72. The summed E-state index contributed by atoms with van der Waals surface area (Å²) in [4.78, 5) is 25.1. The third-order valence-corrected chi connectivity index (χ3v) is 6.03. The van der Waals surface area contributed by atoms with Gasteiger partial charge in [-0.15, -0.1) is 0 Å². The van der Waals surface area contributed by atoms with E-state index in [9.17, 15) is 9.59 Å². The van der Waals surface area contributed by atoms with Crippen LogP contribution in [0.3, 0.4) is 0 Å². The molecule has 4 aromatic rings. The first kappa shape index (κ1) is 27.3. The van der Waals surface area contributed by atoms with Gasteiger partial charge in [0.1, 0.15) is 12.4 Å². The number of ether oxygens (including phenoxy) is 5. The summed E-state index contributed by atoms with van der Waals surface area (Å²) in [6.07, 6.45) is 0. The number of hydrogen-bond acceptors (Lipinski definition) is 7. The van der Waals surface area contributed by atoms with Crippen molar-refractivity contribution in [1.82, 2.24) is 4.57 Å². The van der Waals surface area contributed by atoms with Gasteiger partial charge in [-0.2, -0.15) is 0 Å². The van der Waals surface area contributed by atoms with Crippen molar-refractivity contribution in [3.63, 3.8) is 0 Å². The number of para-hydroxylation sites is 1. The minimum absolute atomic E-state index is 0.145. The van der Waals surface area contributed by atoms with Crippen molar-refractivity contribution in [1.29, 1.82) is 0 Å². The van der Waals surface area contributed by atoms with Crippen LogP contribution in [0.1, 0.15) is 28.5 Å². The van der Waals surface area contributed by atoms with Crippen LogP contribution in [-0.2, 0) is 20.9 Å². The SMILES string of the molecule is CCOC(=O)COc1ccc(-c2c(C(=O)OCc3ccccc3)cc(C)n2-c2cccc(OC)c2OC)cc1. The summed E-state index contributed by atoms with van der Waals surface area (Å²) < 4.78 is 29.4. The smallest absolute Gasteiger partial charge is 0.344 e. The molecule has 0 radical (unpaired) electrons. The maximum atomic E-state index is 13.4. The molecule has 0 atom stereocenters. The van der Waals surface area contributed by atoms with Gasteiger partial charge in [0.05, 0.1) is 37.8 Å². The van der Waals surface area contributed by atoms with Crippen molar-refractivity contribution in [2.45, 2.75) is 20.5 Å². The Balaban J connectivity index is 1.76. The van der Waals surface area contributed by atoms with E-state index in [1.807, 2.05) is 72.2 Å². The summed E-state index contributed by atoms with van der Waals surface area (Å²) in [5.74, 6) is 0.678. The molecular weight excluding hydrogens is 498 g/mol. The molecule has 0 fully saturated rings. The highest BCUT2D eigenvalue weighted by atomic mass is 16.6. The number of aryl methyl sites for hydroxylation is 1. The fourth-order valence-electron chi connectivity index (χ4n) is 4.29. The summed E-state index contributed by atoms with van der Waals surface area (Å²) in [7, 11) is 3.15. The van der Waals surface area contributed by atoms with Crippen LogP contribution in [0, 0.1) is 6.92 Å². The molecule has 202 valence electrons. The van der Waals surface area contributed by atoms with Crippen molar-refractivity contribution in [3.8, 4) is 34.2 Å². The molecule has 0 saturated carbocycles. The highest BCUT2D eigenvalue weighted by molar-refractivity contribution is 5.97. The molecule has 0 bridgehead atoms. The molecule has 0 saturated heterocycles. The van der Waals surface area contributed by atoms with Gasteiger partial charge >= 0.3 is 11.9 Å². The summed E-state index contributed by atoms with van der Waals surface area (Å²) >= 11 is 0. The number of carbonyl (C=O) groups excluding carboxylic acids is 2. The average molecular weight is 530 g/mol. The second kappa shape index (κ2) is 12.7. The Morgan fingerprint density at radius 3 is 2.26 bits per heavy atom. The fourth-order valence-corrected chi connectivity index (χ4v) is 4.29. The standard InChI is InChI=1S/C31H31NO7/c1-5-37-28(33)20-38-24-16-14-23(15-17-24)29-25(31(34)39-19-22-10-7-6-8-11-22)18-21(2)32(29)26-12-9-13-27(35-3)30(26)36-4/h6-18H,5,19-20H2,1-4H3. The summed E-state index contributed by atoms with van der Waals surface area (Å²) in [6.45, 7) is 3.89. The van der Waals surface area contributed by atoms with Crippen molar-refractivity contribution < 1.29 is 33.3 Å². The van der Waals surface area contributed by atoms with Gasteiger partial charge in [0, 0.05) is 5.69 Å². The van der Waals surface area contributed by atoms with Gasteiger partial charge in [0.25, 0.3) is 0 Å². The van der Waals surface area contributed by atoms with Gasteiger partial charge in [-0.25, -0.2) is 9.59 Å². The van der Waals surface area contributed by atoms with Gasteiger partial charge in [-0.1, -0.05) is 36.4 Å². The topological polar surface area (TPSA) is 85.2 Å². The second-order valence-corrected chi connectivity index (χ2v) is 8.58. The van der Waals surface area contributed by atoms with Crippen LogP contribution in [0.25, 0.3) is 16.9 Å². The summed E-state index contributed by atoms with van der Waals surface area (Å²) in [5.41, 5.74) is 4.15. The van der Waals surface area contributed by atoms with Crippen LogP contribution in [0.2, 0.25) is 0 Å². The zero-order valence-corrected chi connectivity index (χ0v) is 22.4. The Bertz CT molecular complexity index is 1430. The first-order valence-corrected chi connectivity index (χ1v) is 12.5. The quantitative estimate of drug-likeness (QED) is 0.228. The van der Waals surface area contributed by atoms with E-state index >= 15 is 0 Å². The molecule has 39 heavy (non-hydrogen) atoms. The van der Waals surface area contributed by atoms with Gasteiger partial charge in [0.15, 0.2) is 18.1 Å². The highest BCUT2D eigenvalue weighted by Crippen LogP contribution is 2.39. The van der Waals surface area contributed by atoms with Crippen LogP contribution in [-0.4, -0.2) is 43.9 Å². The lowest BCUT2D eigenvalue weighted by atomic mass is 10.1. The van der Waals surface area contributed by atoms with Crippen molar-refractivity contribution in [2.24, 2.45) is 0 Å². The zero-order valence-electron chi connectivity index (χ0n) is 22.4. The Morgan fingerprint density at radius 1 is 0.846 bits per heavy atom.